The zero-order valence-corrected chi connectivity index (χ0v) is 17.2. The summed E-state index contributed by atoms with van der Waals surface area (Å²) in [6.07, 6.45) is 1.23. The van der Waals surface area contributed by atoms with E-state index in [1.165, 1.54) is 11.8 Å². The van der Waals surface area contributed by atoms with Gasteiger partial charge in [-0.3, -0.25) is 4.79 Å². The van der Waals surface area contributed by atoms with Gasteiger partial charge in [0.1, 0.15) is 29.9 Å². The lowest BCUT2D eigenvalue weighted by molar-refractivity contribution is -0.202. The van der Waals surface area contributed by atoms with Crippen molar-refractivity contribution >= 4 is 17.7 Å². The first-order chi connectivity index (χ1) is 12.8. The molecule has 0 bridgehead atoms. The van der Waals surface area contributed by atoms with Crippen LogP contribution >= 0.6 is 11.8 Å². The number of hydrogen-bond donors (Lipinski definition) is 5. The zero-order valence-electron chi connectivity index (χ0n) is 16.4. The van der Waals surface area contributed by atoms with Crippen molar-refractivity contribution in [2.45, 2.75) is 81.5 Å². The van der Waals surface area contributed by atoms with Crippen molar-refractivity contribution in [2.75, 3.05) is 12.8 Å². The largest absolute Gasteiger partial charge is 0.387 e. The van der Waals surface area contributed by atoms with E-state index in [-0.39, 0.29) is 11.9 Å². The highest BCUT2D eigenvalue weighted by molar-refractivity contribution is 7.99. The van der Waals surface area contributed by atoms with Crippen LogP contribution in [0.3, 0.4) is 0 Å². The Labute approximate surface area is 165 Å². The number of rotatable bonds is 8. The molecule has 2 fully saturated rings. The monoisotopic (exact) mass is 402 g/mol. The molecule has 5 N–H and O–H groups in total. The van der Waals surface area contributed by atoms with Crippen LogP contribution in [0.15, 0.2) is 12.2 Å². The molecular formula is C19H34N2O5S. The molecule has 8 atom stereocenters. The van der Waals surface area contributed by atoms with Crippen LogP contribution in [0.1, 0.15) is 39.5 Å². The average Bonchev–Trinajstić information content (AvgIpc) is 3.12. The van der Waals surface area contributed by atoms with Gasteiger partial charge in [0, 0.05) is 0 Å². The van der Waals surface area contributed by atoms with Gasteiger partial charge in [0.2, 0.25) is 5.91 Å². The van der Waals surface area contributed by atoms with E-state index in [1.54, 1.807) is 13.2 Å². The summed E-state index contributed by atoms with van der Waals surface area (Å²) in [4.78, 5) is 12.8. The Morgan fingerprint density at radius 1 is 1.33 bits per heavy atom. The van der Waals surface area contributed by atoms with Crippen molar-refractivity contribution in [3.63, 3.8) is 0 Å². The number of carbonyl (C=O) groups excluding carboxylic acids is 1. The Bertz CT molecular complexity index is 518. The van der Waals surface area contributed by atoms with Gasteiger partial charge in [-0.2, -0.15) is 0 Å². The van der Waals surface area contributed by atoms with Crippen LogP contribution in [0.25, 0.3) is 0 Å². The van der Waals surface area contributed by atoms with Gasteiger partial charge in [-0.05, 0) is 38.5 Å². The number of aliphatic hydroxyl groups excluding tert-OH is 3. The Kier molecular flexibility index (Phi) is 8.58. The molecule has 8 heteroatoms. The molecule has 0 saturated carbocycles. The summed E-state index contributed by atoms with van der Waals surface area (Å²) in [5.74, 6) is 0.345. The summed E-state index contributed by atoms with van der Waals surface area (Å²) < 4.78 is 5.80. The molecular weight excluding hydrogens is 368 g/mol. The molecule has 1 amide bonds. The van der Waals surface area contributed by atoms with Gasteiger partial charge in [-0.25, -0.2) is 0 Å². The van der Waals surface area contributed by atoms with Gasteiger partial charge in [-0.15, -0.1) is 11.8 Å². The van der Waals surface area contributed by atoms with E-state index in [9.17, 15) is 20.1 Å². The minimum absolute atomic E-state index is 0.154. The summed E-state index contributed by atoms with van der Waals surface area (Å²) in [5.41, 5.74) is -0.0634. The molecule has 2 saturated heterocycles. The van der Waals surface area contributed by atoms with Gasteiger partial charge in [0.15, 0.2) is 0 Å². The Balaban J connectivity index is 2.02. The highest BCUT2D eigenvalue weighted by atomic mass is 32.2. The molecule has 0 aromatic rings. The Morgan fingerprint density at radius 3 is 2.63 bits per heavy atom. The van der Waals surface area contributed by atoms with Gasteiger partial charge < -0.3 is 30.7 Å². The third-order valence-electron chi connectivity index (χ3n) is 5.50. The fourth-order valence-electron chi connectivity index (χ4n) is 3.80. The van der Waals surface area contributed by atoms with Crippen molar-refractivity contribution in [3.8, 4) is 0 Å². The van der Waals surface area contributed by atoms with E-state index < -0.39 is 35.9 Å². The summed E-state index contributed by atoms with van der Waals surface area (Å²) >= 11 is 1.25. The number of carbonyl (C=O) groups is 1. The van der Waals surface area contributed by atoms with Crippen molar-refractivity contribution in [2.24, 2.45) is 5.92 Å². The first-order valence-electron chi connectivity index (χ1n) is 9.71. The van der Waals surface area contributed by atoms with Crippen molar-refractivity contribution in [3.05, 3.63) is 12.2 Å². The van der Waals surface area contributed by atoms with Crippen LogP contribution in [-0.4, -0.2) is 76.0 Å². The zero-order chi connectivity index (χ0) is 20.1. The molecule has 156 valence electrons. The molecule has 27 heavy (non-hydrogen) atoms. The summed E-state index contributed by atoms with van der Waals surface area (Å²) in [6.45, 7) is 8.66. The summed E-state index contributed by atoms with van der Waals surface area (Å²) in [6, 6.07) is -0.929. The number of aliphatic hydroxyl groups is 3. The van der Waals surface area contributed by atoms with Gasteiger partial charge in [-0.1, -0.05) is 31.9 Å². The van der Waals surface area contributed by atoms with E-state index in [0.717, 1.165) is 32.2 Å². The number of nitrogens with one attached hydrogen (secondary N) is 2. The van der Waals surface area contributed by atoms with Crippen LogP contribution < -0.4 is 10.6 Å². The van der Waals surface area contributed by atoms with Crippen LogP contribution in [0.5, 0.6) is 0 Å². The lowest BCUT2D eigenvalue weighted by Gasteiger charge is -2.43. The third-order valence-corrected chi connectivity index (χ3v) is 6.36. The highest BCUT2D eigenvalue weighted by Gasteiger charge is 2.47. The molecule has 0 aromatic heterocycles. The molecule has 0 unspecified atom stereocenters. The lowest BCUT2D eigenvalue weighted by Crippen LogP contribution is -2.63. The van der Waals surface area contributed by atoms with Crippen LogP contribution in [-0.2, 0) is 9.53 Å². The average molecular weight is 403 g/mol. The number of amides is 1. The molecule has 2 heterocycles. The summed E-state index contributed by atoms with van der Waals surface area (Å²) in [5, 5.41) is 36.8. The predicted molar refractivity (Wildman–Crippen MR) is 106 cm³/mol. The topological polar surface area (TPSA) is 111 Å². The highest BCUT2D eigenvalue weighted by Crippen LogP contribution is 2.30. The Morgan fingerprint density at radius 2 is 2.04 bits per heavy atom. The van der Waals surface area contributed by atoms with E-state index in [0.29, 0.717) is 11.5 Å². The van der Waals surface area contributed by atoms with E-state index >= 15 is 0 Å². The maximum absolute atomic E-state index is 12.8. The predicted octanol–water partition coefficient (Wildman–Crippen LogP) is 0.386. The minimum atomic E-state index is -1.34. The summed E-state index contributed by atoms with van der Waals surface area (Å²) in [7, 11) is 0. The van der Waals surface area contributed by atoms with E-state index in [2.05, 4.69) is 24.1 Å². The second-order valence-corrected chi connectivity index (χ2v) is 8.65. The Hall–Kier alpha value is -0.640. The van der Waals surface area contributed by atoms with Gasteiger partial charge in [0.25, 0.3) is 0 Å². The second kappa shape index (κ2) is 10.2. The van der Waals surface area contributed by atoms with Crippen molar-refractivity contribution < 1.29 is 24.9 Å². The normalized spacial score (nSPS) is 37.8. The molecule has 2 aliphatic heterocycles. The maximum atomic E-state index is 12.8. The fraction of sp³-hybridized carbons (Fsp3) is 0.842. The molecule has 0 aromatic carbocycles. The van der Waals surface area contributed by atoms with Gasteiger partial charge >= 0.3 is 0 Å². The minimum Gasteiger partial charge on any atom is -0.387 e. The molecule has 2 aliphatic rings. The molecule has 0 spiro atoms. The molecule has 0 aliphatic carbocycles. The number of unbranched alkanes of at least 4 members (excludes halogenated alkanes) is 1. The maximum Gasteiger partial charge on any atom is 0.237 e. The standard InChI is InChI=1S/C19H34N2O5S/c1-5-6-7-11-8-12(20-9-11)18(25)21-13(10(2)3)17-15(23)14(22)16(24)19(26-17)27-4/h11-17,19-20,22-24H,2,5-9H2,1,3-4H3,(H,21,25)/t11-,12+,13-,14+,15-,16-,17-,19-/m1/s1. The SMILES string of the molecule is C=C(C)[C@@H](NC(=O)[C@@H]1C[C@@H](CCCC)CN1)[C@H]1O[C@H](SC)[C@H](O)[C@@H](O)[C@H]1O. The third kappa shape index (κ3) is 5.46. The van der Waals surface area contributed by atoms with Crippen LogP contribution in [0.4, 0.5) is 0 Å². The first-order valence-corrected chi connectivity index (χ1v) is 11.0. The number of ether oxygens (including phenoxy) is 1. The molecule has 0 radical (unpaired) electrons. The van der Waals surface area contributed by atoms with Gasteiger partial charge in [0.05, 0.1) is 12.1 Å². The van der Waals surface area contributed by atoms with Crippen molar-refractivity contribution in [1.82, 2.24) is 10.6 Å². The molecule has 7 nitrogen and oxygen atoms in total. The smallest absolute Gasteiger partial charge is 0.237 e. The number of thioether (sulfide) groups is 1. The quantitative estimate of drug-likeness (QED) is 0.373. The van der Waals surface area contributed by atoms with E-state index in [1.807, 2.05) is 0 Å². The van der Waals surface area contributed by atoms with Crippen LogP contribution in [0.2, 0.25) is 0 Å². The number of hydrogen-bond acceptors (Lipinski definition) is 7. The fourth-order valence-corrected chi connectivity index (χ4v) is 4.48. The van der Waals surface area contributed by atoms with Crippen molar-refractivity contribution in [1.29, 1.82) is 0 Å². The lowest BCUT2D eigenvalue weighted by atomic mass is 9.91. The first kappa shape index (κ1) is 22.6. The molecule has 2 rings (SSSR count). The van der Waals surface area contributed by atoms with E-state index in [4.69, 9.17) is 4.74 Å². The van der Waals surface area contributed by atoms with Crippen LogP contribution in [0, 0.1) is 5.92 Å². The second-order valence-electron chi connectivity index (χ2n) is 7.71.